The standard InChI is InChI=1S/C14H21N3O2/c1-10-6-7-12(8-15)9-16(10)13-4-3-5-14(11(13)2)17(18)19/h3-5,10,12H,6-9,15H2,1-2H3. The highest BCUT2D eigenvalue weighted by Gasteiger charge is 2.27. The summed E-state index contributed by atoms with van der Waals surface area (Å²) in [4.78, 5) is 13.0. The van der Waals surface area contributed by atoms with Gasteiger partial charge in [-0.25, -0.2) is 0 Å². The molecule has 1 aromatic rings. The van der Waals surface area contributed by atoms with Crippen LogP contribution >= 0.6 is 0 Å². The van der Waals surface area contributed by atoms with Crippen molar-refractivity contribution in [2.75, 3.05) is 18.0 Å². The number of benzene rings is 1. The maximum absolute atomic E-state index is 11.0. The molecule has 5 heteroatoms. The van der Waals surface area contributed by atoms with Crippen LogP contribution in [0.2, 0.25) is 0 Å². The summed E-state index contributed by atoms with van der Waals surface area (Å²) in [6.45, 7) is 5.56. The van der Waals surface area contributed by atoms with Crippen molar-refractivity contribution >= 4 is 11.4 Å². The number of rotatable bonds is 3. The lowest BCUT2D eigenvalue weighted by atomic mass is 9.92. The van der Waals surface area contributed by atoms with E-state index in [1.54, 1.807) is 12.1 Å². The topological polar surface area (TPSA) is 72.4 Å². The largest absolute Gasteiger partial charge is 0.368 e. The van der Waals surface area contributed by atoms with Crippen LogP contribution < -0.4 is 10.6 Å². The van der Waals surface area contributed by atoms with Crippen molar-refractivity contribution in [1.82, 2.24) is 0 Å². The Hall–Kier alpha value is -1.62. The summed E-state index contributed by atoms with van der Waals surface area (Å²) in [5.41, 5.74) is 7.68. The number of anilines is 1. The van der Waals surface area contributed by atoms with Crippen LogP contribution in [-0.2, 0) is 0 Å². The Kier molecular flexibility index (Phi) is 4.04. The Bertz CT molecular complexity index is 476. The number of nitro groups is 1. The predicted octanol–water partition coefficient (Wildman–Crippen LogP) is 2.47. The quantitative estimate of drug-likeness (QED) is 0.671. The van der Waals surface area contributed by atoms with E-state index in [9.17, 15) is 10.1 Å². The van der Waals surface area contributed by atoms with Crippen molar-refractivity contribution in [3.8, 4) is 0 Å². The Labute approximate surface area is 113 Å². The van der Waals surface area contributed by atoms with Crippen molar-refractivity contribution in [2.24, 2.45) is 11.7 Å². The summed E-state index contributed by atoms with van der Waals surface area (Å²) in [5, 5.41) is 11.0. The summed E-state index contributed by atoms with van der Waals surface area (Å²) in [6.07, 6.45) is 2.23. The maximum Gasteiger partial charge on any atom is 0.274 e. The zero-order chi connectivity index (χ0) is 14.0. The number of hydrogen-bond acceptors (Lipinski definition) is 4. The highest BCUT2D eigenvalue weighted by Crippen LogP contribution is 2.33. The van der Waals surface area contributed by atoms with E-state index in [-0.39, 0.29) is 10.6 Å². The molecule has 2 rings (SSSR count). The zero-order valence-electron chi connectivity index (χ0n) is 11.5. The number of nitrogens with zero attached hydrogens (tertiary/aromatic N) is 2. The van der Waals surface area contributed by atoms with Gasteiger partial charge in [-0.05, 0) is 45.2 Å². The molecule has 0 aromatic heterocycles. The minimum atomic E-state index is -0.312. The van der Waals surface area contributed by atoms with E-state index < -0.39 is 0 Å². The van der Waals surface area contributed by atoms with Crippen LogP contribution in [0.5, 0.6) is 0 Å². The van der Waals surface area contributed by atoms with E-state index in [1.807, 2.05) is 13.0 Å². The molecule has 1 aliphatic rings. The fourth-order valence-corrected chi connectivity index (χ4v) is 2.83. The molecule has 2 atom stereocenters. The lowest BCUT2D eigenvalue weighted by Crippen LogP contribution is -2.44. The highest BCUT2D eigenvalue weighted by molar-refractivity contribution is 5.62. The van der Waals surface area contributed by atoms with Gasteiger partial charge in [0.05, 0.1) is 10.5 Å². The molecule has 1 fully saturated rings. The second-order valence-corrected chi connectivity index (χ2v) is 5.36. The van der Waals surface area contributed by atoms with E-state index in [0.717, 1.165) is 30.6 Å². The molecule has 0 saturated carbocycles. The fraction of sp³-hybridized carbons (Fsp3) is 0.571. The number of hydrogen-bond donors (Lipinski definition) is 1. The lowest BCUT2D eigenvalue weighted by Gasteiger charge is -2.40. The van der Waals surface area contributed by atoms with E-state index >= 15 is 0 Å². The first kappa shape index (κ1) is 13.8. The van der Waals surface area contributed by atoms with Gasteiger partial charge < -0.3 is 10.6 Å². The van der Waals surface area contributed by atoms with E-state index in [4.69, 9.17) is 5.73 Å². The van der Waals surface area contributed by atoms with Crippen molar-refractivity contribution in [1.29, 1.82) is 0 Å². The molecule has 19 heavy (non-hydrogen) atoms. The van der Waals surface area contributed by atoms with E-state index in [1.165, 1.54) is 0 Å². The van der Waals surface area contributed by atoms with Gasteiger partial charge in [0.25, 0.3) is 5.69 Å². The van der Waals surface area contributed by atoms with Gasteiger partial charge >= 0.3 is 0 Å². The van der Waals surface area contributed by atoms with Gasteiger partial charge in [-0.2, -0.15) is 0 Å². The molecular formula is C14H21N3O2. The zero-order valence-corrected chi connectivity index (χ0v) is 11.5. The molecule has 0 amide bonds. The van der Waals surface area contributed by atoms with Crippen LogP contribution in [0.15, 0.2) is 18.2 Å². The number of piperidine rings is 1. The number of nitrogens with two attached hydrogens (primary N) is 1. The maximum atomic E-state index is 11.0. The molecule has 0 spiro atoms. The summed E-state index contributed by atoms with van der Waals surface area (Å²) >= 11 is 0. The first-order valence-electron chi connectivity index (χ1n) is 6.75. The second kappa shape index (κ2) is 5.57. The third-order valence-corrected chi connectivity index (χ3v) is 4.10. The molecule has 2 unspecified atom stereocenters. The molecule has 0 radical (unpaired) electrons. The number of nitro benzene ring substituents is 1. The summed E-state index contributed by atoms with van der Waals surface area (Å²) in [7, 11) is 0. The van der Waals surface area contributed by atoms with Crippen LogP contribution in [0.4, 0.5) is 11.4 Å². The van der Waals surface area contributed by atoms with Gasteiger partial charge in [0, 0.05) is 24.3 Å². The van der Waals surface area contributed by atoms with Gasteiger partial charge in [0.15, 0.2) is 0 Å². The Morgan fingerprint density at radius 2 is 2.21 bits per heavy atom. The van der Waals surface area contributed by atoms with E-state index in [2.05, 4.69) is 11.8 Å². The third-order valence-electron chi connectivity index (χ3n) is 4.10. The Balaban J connectivity index is 2.34. The van der Waals surface area contributed by atoms with Gasteiger partial charge in [-0.1, -0.05) is 6.07 Å². The summed E-state index contributed by atoms with van der Waals surface area (Å²) < 4.78 is 0. The van der Waals surface area contributed by atoms with Gasteiger partial charge in [0.2, 0.25) is 0 Å². The molecule has 1 aromatic carbocycles. The minimum absolute atomic E-state index is 0.194. The predicted molar refractivity (Wildman–Crippen MR) is 76.4 cm³/mol. The molecular weight excluding hydrogens is 242 g/mol. The molecule has 0 aliphatic carbocycles. The van der Waals surface area contributed by atoms with Crippen molar-refractivity contribution in [3.63, 3.8) is 0 Å². The molecule has 1 heterocycles. The fourth-order valence-electron chi connectivity index (χ4n) is 2.83. The summed E-state index contributed by atoms with van der Waals surface area (Å²) in [6, 6.07) is 5.70. The molecule has 1 aliphatic heterocycles. The molecule has 104 valence electrons. The van der Waals surface area contributed by atoms with Crippen LogP contribution in [0.3, 0.4) is 0 Å². The van der Waals surface area contributed by atoms with Gasteiger partial charge in [-0.15, -0.1) is 0 Å². The van der Waals surface area contributed by atoms with Crippen molar-refractivity contribution in [2.45, 2.75) is 32.7 Å². The average Bonchev–Trinajstić information content (AvgIpc) is 2.39. The highest BCUT2D eigenvalue weighted by atomic mass is 16.6. The van der Waals surface area contributed by atoms with Crippen LogP contribution in [-0.4, -0.2) is 24.1 Å². The molecule has 1 saturated heterocycles. The van der Waals surface area contributed by atoms with Gasteiger partial charge in [-0.3, -0.25) is 10.1 Å². The van der Waals surface area contributed by atoms with Crippen LogP contribution in [0.1, 0.15) is 25.3 Å². The second-order valence-electron chi connectivity index (χ2n) is 5.36. The van der Waals surface area contributed by atoms with Crippen molar-refractivity contribution < 1.29 is 4.92 Å². The minimum Gasteiger partial charge on any atom is -0.368 e. The normalized spacial score (nSPS) is 23.4. The van der Waals surface area contributed by atoms with Crippen molar-refractivity contribution in [3.05, 3.63) is 33.9 Å². The van der Waals surface area contributed by atoms with Crippen LogP contribution in [0.25, 0.3) is 0 Å². The first-order valence-corrected chi connectivity index (χ1v) is 6.75. The van der Waals surface area contributed by atoms with Gasteiger partial charge in [0.1, 0.15) is 0 Å². The Morgan fingerprint density at radius 1 is 1.47 bits per heavy atom. The molecule has 2 N–H and O–H groups in total. The SMILES string of the molecule is Cc1c(N2CC(CN)CCC2C)cccc1[N+](=O)[O-]. The average molecular weight is 263 g/mol. The van der Waals surface area contributed by atoms with E-state index in [0.29, 0.717) is 18.5 Å². The molecule has 5 nitrogen and oxygen atoms in total. The molecule has 0 bridgehead atoms. The lowest BCUT2D eigenvalue weighted by molar-refractivity contribution is -0.385. The summed E-state index contributed by atoms with van der Waals surface area (Å²) in [5.74, 6) is 0.481. The Morgan fingerprint density at radius 3 is 2.84 bits per heavy atom. The monoisotopic (exact) mass is 263 g/mol. The smallest absolute Gasteiger partial charge is 0.274 e. The third kappa shape index (κ3) is 2.71. The van der Waals surface area contributed by atoms with Crippen LogP contribution in [0, 0.1) is 23.0 Å². The first-order chi connectivity index (χ1) is 9.04.